The summed E-state index contributed by atoms with van der Waals surface area (Å²) in [6, 6.07) is 7.33. The van der Waals surface area contributed by atoms with Gasteiger partial charge in [-0.1, -0.05) is 12.1 Å². The fourth-order valence-corrected chi connectivity index (χ4v) is 1.49. The molecule has 1 amide bonds. The molecule has 1 aromatic carbocycles. The van der Waals surface area contributed by atoms with Gasteiger partial charge in [-0.05, 0) is 28.1 Å². The van der Waals surface area contributed by atoms with Gasteiger partial charge in [0.25, 0.3) is 5.91 Å². The Kier molecular flexibility index (Phi) is 4.32. The monoisotopic (exact) mass is 259 g/mol. The van der Waals surface area contributed by atoms with E-state index in [0.29, 0.717) is 17.9 Å². The first-order valence-corrected chi connectivity index (χ1v) is 5.32. The van der Waals surface area contributed by atoms with Gasteiger partial charge in [0.1, 0.15) is 0 Å². The van der Waals surface area contributed by atoms with E-state index in [1.807, 2.05) is 18.2 Å². The summed E-state index contributed by atoms with van der Waals surface area (Å²) in [7, 11) is 0. The Labute approximate surface area is 91.3 Å². The van der Waals surface area contributed by atoms with E-state index < -0.39 is 0 Å². The maximum Gasteiger partial charge on any atom is 0.252 e. The number of hydrogen-bond donors (Lipinski definition) is 2. The van der Waals surface area contributed by atoms with Gasteiger partial charge in [-0.2, -0.15) is 12.6 Å². The van der Waals surface area contributed by atoms with Crippen molar-refractivity contribution in [2.24, 2.45) is 0 Å². The molecule has 0 radical (unpaired) electrons. The van der Waals surface area contributed by atoms with Crippen molar-refractivity contribution in [1.82, 2.24) is 5.32 Å². The van der Waals surface area contributed by atoms with Gasteiger partial charge in [-0.15, -0.1) is 0 Å². The molecule has 0 heterocycles. The molecular formula is C9H10BrNOS. The molecule has 70 valence electrons. The highest BCUT2D eigenvalue weighted by atomic mass is 79.9. The number of carbonyl (C=O) groups is 1. The molecule has 1 rings (SSSR count). The third kappa shape index (κ3) is 3.04. The van der Waals surface area contributed by atoms with E-state index in [-0.39, 0.29) is 5.91 Å². The Morgan fingerprint density at radius 2 is 2.15 bits per heavy atom. The second-order valence-corrected chi connectivity index (χ2v) is 3.76. The van der Waals surface area contributed by atoms with E-state index in [0.717, 1.165) is 4.47 Å². The van der Waals surface area contributed by atoms with Gasteiger partial charge in [0.05, 0.1) is 5.56 Å². The number of halogens is 1. The minimum absolute atomic E-state index is 0.0680. The predicted octanol–water partition coefficient (Wildman–Crippen LogP) is 2.11. The summed E-state index contributed by atoms with van der Waals surface area (Å²) in [5, 5.41) is 2.74. The molecule has 0 aliphatic heterocycles. The van der Waals surface area contributed by atoms with Crippen LogP contribution < -0.4 is 5.32 Å². The molecule has 0 atom stereocenters. The van der Waals surface area contributed by atoms with Gasteiger partial charge in [0.2, 0.25) is 0 Å². The Balaban J connectivity index is 2.71. The molecule has 0 spiro atoms. The van der Waals surface area contributed by atoms with E-state index in [2.05, 4.69) is 33.9 Å². The van der Waals surface area contributed by atoms with Gasteiger partial charge >= 0.3 is 0 Å². The number of hydrogen-bond acceptors (Lipinski definition) is 2. The summed E-state index contributed by atoms with van der Waals surface area (Å²) in [6.45, 7) is 0.587. The van der Waals surface area contributed by atoms with Gasteiger partial charge < -0.3 is 5.32 Å². The van der Waals surface area contributed by atoms with Crippen molar-refractivity contribution >= 4 is 34.5 Å². The molecule has 2 nitrogen and oxygen atoms in total. The highest BCUT2D eigenvalue weighted by molar-refractivity contribution is 9.10. The van der Waals surface area contributed by atoms with E-state index in [4.69, 9.17) is 0 Å². The number of carbonyl (C=O) groups excluding carboxylic acids is 1. The first-order chi connectivity index (χ1) is 6.25. The van der Waals surface area contributed by atoms with Crippen LogP contribution in [0.15, 0.2) is 28.7 Å². The van der Waals surface area contributed by atoms with Crippen molar-refractivity contribution in [3.8, 4) is 0 Å². The van der Waals surface area contributed by atoms with Gasteiger partial charge in [-0.3, -0.25) is 4.79 Å². The summed E-state index contributed by atoms with van der Waals surface area (Å²) < 4.78 is 0.812. The van der Waals surface area contributed by atoms with Crippen LogP contribution in [0.1, 0.15) is 10.4 Å². The SMILES string of the molecule is O=C(NCCS)c1ccccc1Br. The van der Waals surface area contributed by atoms with Gasteiger partial charge in [0.15, 0.2) is 0 Å². The maximum atomic E-state index is 11.4. The predicted molar refractivity (Wildman–Crippen MR) is 60.3 cm³/mol. The van der Waals surface area contributed by atoms with Gasteiger partial charge in [0, 0.05) is 16.8 Å². The second-order valence-electron chi connectivity index (χ2n) is 2.46. The smallest absolute Gasteiger partial charge is 0.252 e. The van der Waals surface area contributed by atoms with E-state index in [1.54, 1.807) is 6.07 Å². The molecule has 1 aromatic rings. The minimum atomic E-state index is -0.0680. The lowest BCUT2D eigenvalue weighted by Crippen LogP contribution is -2.25. The van der Waals surface area contributed by atoms with E-state index >= 15 is 0 Å². The average molecular weight is 260 g/mol. The van der Waals surface area contributed by atoms with E-state index in [9.17, 15) is 4.79 Å². The summed E-state index contributed by atoms with van der Waals surface area (Å²) in [5.41, 5.74) is 0.657. The zero-order chi connectivity index (χ0) is 9.68. The van der Waals surface area contributed by atoms with Crippen LogP contribution in [0.25, 0.3) is 0 Å². The molecule has 0 aromatic heterocycles. The molecule has 0 saturated carbocycles. The summed E-state index contributed by atoms with van der Waals surface area (Å²) in [6.07, 6.45) is 0. The minimum Gasteiger partial charge on any atom is -0.351 e. The third-order valence-electron chi connectivity index (χ3n) is 1.52. The molecule has 0 unspecified atom stereocenters. The van der Waals surface area contributed by atoms with Crippen molar-refractivity contribution in [2.45, 2.75) is 0 Å². The van der Waals surface area contributed by atoms with Crippen molar-refractivity contribution in [2.75, 3.05) is 12.3 Å². The Hall–Kier alpha value is -0.480. The zero-order valence-electron chi connectivity index (χ0n) is 6.96. The Morgan fingerprint density at radius 1 is 1.46 bits per heavy atom. The number of benzene rings is 1. The first kappa shape index (κ1) is 10.6. The molecular weight excluding hydrogens is 250 g/mol. The molecule has 0 fully saturated rings. The maximum absolute atomic E-state index is 11.4. The lowest BCUT2D eigenvalue weighted by Gasteiger charge is -2.04. The quantitative estimate of drug-likeness (QED) is 0.801. The zero-order valence-corrected chi connectivity index (χ0v) is 9.44. The number of rotatable bonds is 3. The topological polar surface area (TPSA) is 29.1 Å². The summed E-state index contributed by atoms with van der Waals surface area (Å²) in [4.78, 5) is 11.4. The largest absolute Gasteiger partial charge is 0.351 e. The fraction of sp³-hybridized carbons (Fsp3) is 0.222. The van der Waals surface area contributed by atoms with Crippen LogP contribution in [0.3, 0.4) is 0 Å². The number of thiol groups is 1. The lowest BCUT2D eigenvalue weighted by molar-refractivity contribution is 0.0955. The van der Waals surface area contributed by atoms with Crippen molar-refractivity contribution in [3.63, 3.8) is 0 Å². The standard InChI is InChI=1S/C9H10BrNOS/c10-8-4-2-1-3-7(8)9(12)11-5-6-13/h1-4,13H,5-6H2,(H,11,12). The molecule has 4 heteroatoms. The Morgan fingerprint density at radius 3 is 2.77 bits per heavy atom. The van der Waals surface area contributed by atoms with E-state index in [1.165, 1.54) is 0 Å². The van der Waals surface area contributed by atoms with Crippen molar-refractivity contribution < 1.29 is 4.79 Å². The van der Waals surface area contributed by atoms with Crippen LogP contribution >= 0.6 is 28.6 Å². The van der Waals surface area contributed by atoms with Crippen molar-refractivity contribution in [3.05, 3.63) is 34.3 Å². The first-order valence-electron chi connectivity index (χ1n) is 3.89. The fourth-order valence-electron chi connectivity index (χ4n) is 0.910. The second kappa shape index (κ2) is 5.29. The number of amides is 1. The molecule has 0 aliphatic carbocycles. The Bertz CT molecular complexity index is 303. The molecule has 0 bridgehead atoms. The summed E-state index contributed by atoms with van der Waals surface area (Å²) in [5.74, 6) is 0.581. The van der Waals surface area contributed by atoms with Crippen LogP contribution in [0.5, 0.6) is 0 Å². The number of nitrogens with one attached hydrogen (secondary N) is 1. The van der Waals surface area contributed by atoms with Crippen LogP contribution in [-0.2, 0) is 0 Å². The molecule has 0 aliphatic rings. The molecule has 0 saturated heterocycles. The highest BCUT2D eigenvalue weighted by Crippen LogP contribution is 2.15. The molecule has 1 N–H and O–H groups in total. The highest BCUT2D eigenvalue weighted by Gasteiger charge is 2.06. The normalized spacial score (nSPS) is 9.69. The van der Waals surface area contributed by atoms with Crippen LogP contribution in [0.4, 0.5) is 0 Å². The van der Waals surface area contributed by atoms with Crippen LogP contribution in [0, 0.1) is 0 Å². The van der Waals surface area contributed by atoms with Crippen LogP contribution in [0.2, 0.25) is 0 Å². The van der Waals surface area contributed by atoms with Crippen LogP contribution in [-0.4, -0.2) is 18.2 Å². The third-order valence-corrected chi connectivity index (χ3v) is 2.43. The average Bonchev–Trinajstić information content (AvgIpc) is 2.15. The molecule has 13 heavy (non-hydrogen) atoms. The lowest BCUT2D eigenvalue weighted by atomic mass is 10.2. The van der Waals surface area contributed by atoms with Crippen molar-refractivity contribution in [1.29, 1.82) is 0 Å². The van der Waals surface area contributed by atoms with Gasteiger partial charge in [-0.25, -0.2) is 0 Å². The summed E-state index contributed by atoms with van der Waals surface area (Å²) >= 11 is 7.32.